The number of allylic oxidation sites excluding steroid dienone is 2. The van der Waals surface area contributed by atoms with Gasteiger partial charge in [0, 0.05) is 31.1 Å². The lowest BCUT2D eigenvalue weighted by molar-refractivity contribution is -0.125. The monoisotopic (exact) mass is 389 g/mol. The van der Waals surface area contributed by atoms with Crippen LogP contribution in [0.4, 0.5) is 5.82 Å². The summed E-state index contributed by atoms with van der Waals surface area (Å²) in [5.41, 5.74) is 5.98. The number of hydrogen-bond acceptors (Lipinski definition) is 4. The highest BCUT2D eigenvalue weighted by Crippen LogP contribution is 2.41. The van der Waals surface area contributed by atoms with Gasteiger partial charge in [0.05, 0.1) is 0 Å². The highest BCUT2D eigenvalue weighted by molar-refractivity contribution is 7.08. The summed E-state index contributed by atoms with van der Waals surface area (Å²) in [4.78, 5) is 19.1. The summed E-state index contributed by atoms with van der Waals surface area (Å²) in [5.74, 6) is 2.05. The molecule has 4 nitrogen and oxygen atoms in total. The number of likely N-dealkylation sites (tertiary alicyclic amines) is 1. The lowest BCUT2D eigenvalue weighted by atomic mass is 9.99. The fourth-order valence-electron chi connectivity index (χ4n) is 4.46. The molecule has 1 N–H and O–H groups in total. The van der Waals surface area contributed by atoms with Crippen molar-refractivity contribution in [2.45, 2.75) is 19.3 Å². The molecule has 2 aromatic heterocycles. The first kappa shape index (κ1) is 17.4. The number of pyridine rings is 1. The molecule has 3 aliphatic rings. The van der Waals surface area contributed by atoms with Crippen molar-refractivity contribution in [3.8, 4) is 0 Å². The molecule has 0 saturated carbocycles. The lowest BCUT2D eigenvalue weighted by Gasteiger charge is -2.19. The van der Waals surface area contributed by atoms with Crippen LogP contribution in [-0.4, -0.2) is 28.9 Å². The number of anilines is 1. The van der Waals surface area contributed by atoms with Gasteiger partial charge in [-0.3, -0.25) is 4.79 Å². The van der Waals surface area contributed by atoms with Crippen molar-refractivity contribution in [2.75, 3.05) is 18.4 Å². The highest BCUT2D eigenvalue weighted by Gasteiger charge is 2.37. The number of thiophene rings is 1. The van der Waals surface area contributed by atoms with Gasteiger partial charge in [-0.05, 0) is 82.3 Å². The average molecular weight is 390 g/mol. The predicted octanol–water partition coefficient (Wildman–Crippen LogP) is 4.59. The second-order valence-corrected chi connectivity index (χ2v) is 8.69. The lowest BCUT2D eigenvalue weighted by Crippen LogP contribution is -2.27. The Balaban J connectivity index is 1.23. The van der Waals surface area contributed by atoms with E-state index in [1.165, 1.54) is 16.7 Å². The first-order valence-electron chi connectivity index (χ1n) is 9.80. The van der Waals surface area contributed by atoms with Crippen LogP contribution in [0.2, 0.25) is 0 Å². The summed E-state index contributed by atoms with van der Waals surface area (Å²) in [6.07, 6.45) is 10.7. The fourth-order valence-corrected chi connectivity index (χ4v) is 5.14. The zero-order valence-electron chi connectivity index (χ0n) is 15.7. The van der Waals surface area contributed by atoms with Gasteiger partial charge in [-0.2, -0.15) is 11.3 Å². The quantitative estimate of drug-likeness (QED) is 0.781. The van der Waals surface area contributed by atoms with Crippen LogP contribution >= 0.6 is 11.3 Å². The molecule has 1 amide bonds. The van der Waals surface area contributed by atoms with E-state index in [2.05, 4.69) is 45.8 Å². The maximum Gasteiger partial charge on any atom is 0.246 e. The van der Waals surface area contributed by atoms with E-state index in [-0.39, 0.29) is 5.91 Å². The van der Waals surface area contributed by atoms with Gasteiger partial charge in [0.1, 0.15) is 5.82 Å². The SMILES string of the molecule is C=C1CCc2cc(/C=C/C(=O)N3C[C@@H]4CC(c5ccsc5)=C[C@@H]4C3)cnc2N1. The van der Waals surface area contributed by atoms with Gasteiger partial charge in [0.15, 0.2) is 0 Å². The maximum absolute atomic E-state index is 12.7. The molecule has 1 saturated heterocycles. The molecule has 5 heteroatoms. The normalized spacial score (nSPS) is 23.5. The van der Waals surface area contributed by atoms with E-state index in [0.29, 0.717) is 11.8 Å². The third-order valence-corrected chi connectivity index (χ3v) is 6.67. The summed E-state index contributed by atoms with van der Waals surface area (Å²) in [6.45, 7) is 5.65. The van der Waals surface area contributed by atoms with Crippen LogP contribution in [0, 0.1) is 11.8 Å². The molecule has 0 spiro atoms. The standard InChI is InChI=1S/C23H23N3OS/c1-15-2-4-17-8-16(11-24-23(17)25-15)3-5-22(27)26-12-20-9-19(10-21(20)13-26)18-6-7-28-14-18/h3,5-9,11,14,20-21H,1-2,4,10,12-13H2,(H,24,25)/b5-3+/t20-,21+/m1/s1. The van der Waals surface area contributed by atoms with Crippen LogP contribution in [0.5, 0.6) is 0 Å². The molecule has 1 aliphatic carbocycles. The van der Waals surface area contributed by atoms with E-state index in [1.54, 1.807) is 17.4 Å². The number of carbonyl (C=O) groups is 1. The molecule has 2 aliphatic heterocycles. The summed E-state index contributed by atoms with van der Waals surface area (Å²) >= 11 is 1.75. The number of rotatable bonds is 3. The van der Waals surface area contributed by atoms with Gasteiger partial charge in [-0.25, -0.2) is 4.98 Å². The summed E-state index contributed by atoms with van der Waals surface area (Å²) < 4.78 is 0. The van der Waals surface area contributed by atoms with Gasteiger partial charge in [-0.1, -0.05) is 12.7 Å². The first-order valence-corrected chi connectivity index (χ1v) is 10.7. The van der Waals surface area contributed by atoms with Crippen LogP contribution < -0.4 is 5.32 Å². The summed E-state index contributed by atoms with van der Waals surface area (Å²) in [6, 6.07) is 4.31. The van der Waals surface area contributed by atoms with Gasteiger partial charge in [0.25, 0.3) is 0 Å². The summed E-state index contributed by atoms with van der Waals surface area (Å²) in [5, 5.41) is 7.57. The smallest absolute Gasteiger partial charge is 0.246 e. The van der Waals surface area contributed by atoms with Crippen LogP contribution in [-0.2, 0) is 11.2 Å². The minimum Gasteiger partial charge on any atom is -0.344 e. The van der Waals surface area contributed by atoms with E-state index in [9.17, 15) is 4.79 Å². The number of aryl methyl sites for hydroxylation is 1. The zero-order valence-corrected chi connectivity index (χ0v) is 16.5. The van der Waals surface area contributed by atoms with E-state index >= 15 is 0 Å². The van der Waals surface area contributed by atoms with Gasteiger partial charge < -0.3 is 10.2 Å². The second-order valence-electron chi connectivity index (χ2n) is 7.91. The zero-order chi connectivity index (χ0) is 19.1. The number of nitrogens with one attached hydrogen (secondary N) is 1. The van der Waals surface area contributed by atoms with E-state index in [4.69, 9.17) is 0 Å². The molecule has 28 heavy (non-hydrogen) atoms. The number of aromatic nitrogens is 1. The minimum atomic E-state index is 0.101. The molecule has 0 bridgehead atoms. The van der Waals surface area contributed by atoms with Crippen molar-refractivity contribution >= 4 is 34.7 Å². The minimum absolute atomic E-state index is 0.101. The second kappa shape index (κ2) is 7.06. The van der Waals surface area contributed by atoms with Crippen molar-refractivity contribution in [2.24, 2.45) is 11.8 Å². The molecule has 0 unspecified atom stereocenters. The third kappa shape index (κ3) is 3.31. The Kier molecular flexibility index (Phi) is 4.40. The highest BCUT2D eigenvalue weighted by atomic mass is 32.1. The molecule has 4 heterocycles. The Morgan fingerprint density at radius 2 is 2.29 bits per heavy atom. The molecule has 2 aromatic rings. The van der Waals surface area contributed by atoms with Crippen LogP contribution in [0.1, 0.15) is 29.5 Å². The van der Waals surface area contributed by atoms with Crippen molar-refractivity contribution < 1.29 is 4.79 Å². The van der Waals surface area contributed by atoms with Gasteiger partial charge in [-0.15, -0.1) is 0 Å². The number of hydrogen-bond donors (Lipinski definition) is 1. The number of carbonyl (C=O) groups excluding carboxylic acids is 1. The summed E-state index contributed by atoms with van der Waals surface area (Å²) in [7, 11) is 0. The van der Waals surface area contributed by atoms with E-state index in [0.717, 1.165) is 49.4 Å². The van der Waals surface area contributed by atoms with Crippen LogP contribution in [0.15, 0.2) is 53.5 Å². The predicted molar refractivity (Wildman–Crippen MR) is 115 cm³/mol. The molecule has 2 atom stereocenters. The molecule has 5 rings (SSSR count). The first-order chi connectivity index (χ1) is 13.7. The van der Waals surface area contributed by atoms with Crippen molar-refractivity contribution in [1.82, 2.24) is 9.88 Å². The topological polar surface area (TPSA) is 45.2 Å². The average Bonchev–Trinajstić information content (AvgIpc) is 3.41. The Bertz CT molecular complexity index is 989. The van der Waals surface area contributed by atoms with Crippen LogP contribution in [0.25, 0.3) is 11.6 Å². The Morgan fingerprint density at radius 1 is 1.36 bits per heavy atom. The molecule has 0 radical (unpaired) electrons. The maximum atomic E-state index is 12.7. The molecule has 0 aromatic carbocycles. The van der Waals surface area contributed by atoms with Crippen molar-refractivity contribution in [3.05, 3.63) is 70.2 Å². The third-order valence-electron chi connectivity index (χ3n) is 5.99. The van der Waals surface area contributed by atoms with Crippen molar-refractivity contribution in [3.63, 3.8) is 0 Å². The van der Waals surface area contributed by atoms with E-state index < -0.39 is 0 Å². The Labute approximate surface area is 169 Å². The molecule has 142 valence electrons. The van der Waals surface area contributed by atoms with E-state index in [1.807, 2.05) is 17.2 Å². The number of fused-ring (bicyclic) bond motifs is 2. The molecule has 1 fully saturated rings. The van der Waals surface area contributed by atoms with Crippen molar-refractivity contribution in [1.29, 1.82) is 0 Å². The molecular weight excluding hydrogens is 366 g/mol. The molecular formula is C23H23N3OS. The number of nitrogens with zero attached hydrogens (tertiary/aromatic N) is 2. The Hall–Kier alpha value is -2.66. The Morgan fingerprint density at radius 3 is 3.11 bits per heavy atom. The van der Waals surface area contributed by atoms with Crippen LogP contribution in [0.3, 0.4) is 0 Å². The fraction of sp³-hybridized carbons (Fsp3) is 0.304. The van der Waals surface area contributed by atoms with Gasteiger partial charge in [0.2, 0.25) is 5.91 Å². The van der Waals surface area contributed by atoms with Gasteiger partial charge >= 0.3 is 0 Å². The number of amides is 1. The largest absolute Gasteiger partial charge is 0.344 e.